The van der Waals surface area contributed by atoms with Crippen molar-refractivity contribution in [1.29, 1.82) is 0 Å². The minimum atomic E-state index is -3.98. The number of esters is 1. The third-order valence-electron chi connectivity index (χ3n) is 3.14. The van der Waals surface area contributed by atoms with Crippen molar-refractivity contribution >= 4 is 27.6 Å². The Morgan fingerprint density at radius 2 is 1.88 bits per heavy atom. The maximum absolute atomic E-state index is 12.3. The standard InChI is InChI=1S/C16H16ClNO5S/c1-11-5-3-4-6-13(11)23-16(19)10-18-24(20,21)15-9-12(17)7-8-14(15)22-2/h3-9,18H,10H2,1-2H3. The molecule has 0 fully saturated rings. The molecule has 0 amide bonds. The van der Waals surface area contributed by atoms with E-state index in [4.69, 9.17) is 21.1 Å². The van der Waals surface area contributed by atoms with Crippen LogP contribution in [0.2, 0.25) is 5.02 Å². The van der Waals surface area contributed by atoms with Gasteiger partial charge in [0.2, 0.25) is 10.0 Å². The molecule has 2 aromatic carbocycles. The second-order valence-electron chi connectivity index (χ2n) is 4.86. The molecule has 0 spiro atoms. The molecular weight excluding hydrogens is 354 g/mol. The van der Waals surface area contributed by atoms with Crippen molar-refractivity contribution in [3.05, 3.63) is 53.1 Å². The molecule has 1 N–H and O–H groups in total. The summed E-state index contributed by atoms with van der Waals surface area (Å²) in [5.41, 5.74) is 0.769. The number of aryl methyl sites for hydroxylation is 1. The van der Waals surface area contributed by atoms with E-state index in [0.717, 1.165) is 5.56 Å². The largest absolute Gasteiger partial charge is 0.495 e. The fourth-order valence-electron chi connectivity index (χ4n) is 1.92. The van der Waals surface area contributed by atoms with Gasteiger partial charge in [0.15, 0.2) is 0 Å². The van der Waals surface area contributed by atoms with Crippen molar-refractivity contribution in [3.63, 3.8) is 0 Å². The molecule has 6 nitrogen and oxygen atoms in total. The Labute approximate surface area is 145 Å². The number of benzene rings is 2. The zero-order valence-electron chi connectivity index (χ0n) is 13.1. The first-order valence-electron chi connectivity index (χ1n) is 6.93. The topological polar surface area (TPSA) is 81.7 Å². The summed E-state index contributed by atoms with van der Waals surface area (Å²) in [5, 5.41) is 0.235. The van der Waals surface area contributed by atoms with Gasteiger partial charge in [0.05, 0.1) is 7.11 Å². The quantitative estimate of drug-likeness (QED) is 0.625. The van der Waals surface area contributed by atoms with E-state index in [2.05, 4.69) is 4.72 Å². The molecule has 0 unspecified atom stereocenters. The average Bonchev–Trinajstić information content (AvgIpc) is 2.55. The third kappa shape index (κ3) is 4.47. The van der Waals surface area contributed by atoms with Crippen LogP contribution < -0.4 is 14.2 Å². The molecule has 2 aromatic rings. The Morgan fingerprint density at radius 1 is 1.17 bits per heavy atom. The summed E-state index contributed by atoms with van der Waals surface area (Å²) in [6, 6.07) is 11.1. The van der Waals surface area contributed by atoms with Crippen molar-refractivity contribution in [2.24, 2.45) is 0 Å². The van der Waals surface area contributed by atoms with E-state index >= 15 is 0 Å². The lowest BCUT2D eigenvalue weighted by Gasteiger charge is -2.11. The van der Waals surface area contributed by atoms with Crippen LogP contribution in [0.4, 0.5) is 0 Å². The molecule has 0 aliphatic rings. The Bertz CT molecular complexity index is 851. The van der Waals surface area contributed by atoms with Gasteiger partial charge >= 0.3 is 5.97 Å². The van der Waals surface area contributed by atoms with E-state index in [1.54, 1.807) is 31.2 Å². The van der Waals surface area contributed by atoms with Gasteiger partial charge in [-0.2, -0.15) is 4.72 Å². The summed E-state index contributed by atoms with van der Waals surface area (Å²) in [4.78, 5) is 11.7. The molecule has 2 rings (SSSR count). The second-order valence-corrected chi connectivity index (χ2v) is 7.03. The van der Waals surface area contributed by atoms with Crippen molar-refractivity contribution in [3.8, 4) is 11.5 Å². The van der Waals surface area contributed by atoms with Crippen molar-refractivity contribution in [2.75, 3.05) is 13.7 Å². The highest BCUT2D eigenvalue weighted by atomic mass is 35.5. The van der Waals surface area contributed by atoms with Gasteiger partial charge in [0.1, 0.15) is 22.9 Å². The second kappa shape index (κ2) is 7.65. The Balaban J connectivity index is 2.09. The van der Waals surface area contributed by atoms with Gasteiger partial charge in [-0.3, -0.25) is 4.79 Å². The molecule has 8 heteroatoms. The molecule has 24 heavy (non-hydrogen) atoms. The molecule has 128 valence electrons. The van der Waals surface area contributed by atoms with Gasteiger partial charge in [0.25, 0.3) is 0 Å². The van der Waals surface area contributed by atoms with E-state index in [0.29, 0.717) is 5.75 Å². The summed E-state index contributed by atoms with van der Waals surface area (Å²) in [5.74, 6) is -0.227. The maximum atomic E-state index is 12.3. The molecule has 0 aliphatic heterocycles. The van der Waals surface area contributed by atoms with Crippen LogP contribution in [0.3, 0.4) is 0 Å². The maximum Gasteiger partial charge on any atom is 0.326 e. The Kier molecular flexibility index (Phi) is 5.82. The number of nitrogens with one attached hydrogen (secondary N) is 1. The van der Waals surface area contributed by atoms with Gasteiger partial charge in [-0.05, 0) is 36.8 Å². The van der Waals surface area contributed by atoms with E-state index < -0.39 is 22.5 Å². The summed E-state index contributed by atoms with van der Waals surface area (Å²) in [7, 11) is -2.64. The number of hydrogen-bond acceptors (Lipinski definition) is 5. The Hall–Kier alpha value is -2.09. The predicted molar refractivity (Wildman–Crippen MR) is 90.0 cm³/mol. The van der Waals surface area contributed by atoms with Crippen molar-refractivity contribution in [2.45, 2.75) is 11.8 Å². The van der Waals surface area contributed by atoms with Crippen molar-refractivity contribution in [1.82, 2.24) is 4.72 Å². The van der Waals surface area contributed by atoms with Gasteiger partial charge in [-0.25, -0.2) is 8.42 Å². The number of methoxy groups -OCH3 is 1. The van der Waals surface area contributed by atoms with Crippen LogP contribution in [0.1, 0.15) is 5.56 Å². The number of halogens is 1. The monoisotopic (exact) mass is 369 g/mol. The highest BCUT2D eigenvalue weighted by Gasteiger charge is 2.21. The fraction of sp³-hybridized carbons (Fsp3) is 0.188. The van der Waals surface area contributed by atoms with Gasteiger partial charge in [0, 0.05) is 5.02 Å². The van der Waals surface area contributed by atoms with E-state index in [1.807, 2.05) is 0 Å². The van der Waals surface area contributed by atoms with Gasteiger partial charge in [-0.15, -0.1) is 0 Å². The van der Waals surface area contributed by atoms with Crippen molar-refractivity contribution < 1.29 is 22.7 Å². The zero-order chi connectivity index (χ0) is 17.7. The lowest BCUT2D eigenvalue weighted by molar-refractivity contribution is -0.133. The molecule has 0 atom stereocenters. The molecule has 0 saturated heterocycles. The summed E-state index contributed by atoms with van der Waals surface area (Å²) in [6.45, 7) is 1.26. The number of sulfonamides is 1. The van der Waals surface area contributed by atoms with E-state index in [1.165, 1.54) is 25.3 Å². The van der Waals surface area contributed by atoms with E-state index in [9.17, 15) is 13.2 Å². The highest BCUT2D eigenvalue weighted by Crippen LogP contribution is 2.26. The molecule has 0 aromatic heterocycles. The smallest absolute Gasteiger partial charge is 0.326 e. The van der Waals surface area contributed by atoms with Crippen LogP contribution in [0.25, 0.3) is 0 Å². The molecular formula is C16H16ClNO5S. The van der Waals surface area contributed by atoms with Crippen LogP contribution in [0.15, 0.2) is 47.4 Å². The molecule has 0 aliphatic carbocycles. The molecule has 0 saturated carbocycles. The number of ether oxygens (including phenoxy) is 2. The average molecular weight is 370 g/mol. The van der Waals surface area contributed by atoms with Crippen LogP contribution in [-0.2, 0) is 14.8 Å². The number of hydrogen-bond donors (Lipinski definition) is 1. The number of carbonyl (C=O) groups excluding carboxylic acids is 1. The third-order valence-corrected chi connectivity index (χ3v) is 4.80. The minimum absolute atomic E-state index is 0.124. The number of para-hydroxylation sites is 1. The molecule has 0 bridgehead atoms. The Morgan fingerprint density at radius 3 is 2.54 bits per heavy atom. The van der Waals surface area contributed by atoms with Crippen LogP contribution in [0.5, 0.6) is 11.5 Å². The highest BCUT2D eigenvalue weighted by molar-refractivity contribution is 7.89. The predicted octanol–water partition coefficient (Wildman–Crippen LogP) is 2.54. The lowest BCUT2D eigenvalue weighted by Crippen LogP contribution is -2.32. The normalized spacial score (nSPS) is 11.1. The number of rotatable bonds is 6. The zero-order valence-corrected chi connectivity index (χ0v) is 14.6. The summed E-state index contributed by atoms with van der Waals surface area (Å²) >= 11 is 5.83. The molecule has 0 radical (unpaired) electrons. The van der Waals surface area contributed by atoms with Gasteiger partial charge < -0.3 is 9.47 Å². The lowest BCUT2D eigenvalue weighted by atomic mass is 10.2. The first-order chi connectivity index (χ1) is 11.3. The SMILES string of the molecule is COc1ccc(Cl)cc1S(=O)(=O)NCC(=O)Oc1ccccc1C. The van der Waals surface area contributed by atoms with Gasteiger partial charge in [-0.1, -0.05) is 29.8 Å². The summed E-state index contributed by atoms with van der Waals surface area (Å²) in [6.07, 6.45) is 0. The first-order valence-corrected chi connectivity index (χ1v) is 8.79. The number of carbonyl (C=O) groups is 1. The summed E-state index contributed by atoms with van der Waals surface area (Å²) < 4.78 is 37.0. The van der Waals surface area contributed by atoms with E-state index in [-0.39, 0.29) is 15.7 Å². The first kappa shape index (κ1) is 18.3. The molecule has 0 heterocycles. The van der Waals surface area contributed by atoms with Crippen LogP contribution >= 0.6 is 11.6 Å². The van der Waals surface area contributed by atoms with Crippen LogP contribution in [-0.4, -0.2) is 28.0 Å². The fourth-order valence-corrected chi connectivity index (χ4v) is 3.32. The minimum Gasteiger partial charge on any atom is -0.495 e. The van der Waals surface area contributed by atoms with Crippen LogP contribution in [0, 0.1) is 6.92 Å².